The fraction of sp³-hybridized carbons (Fsp3) is 0.400. The van der Waals surface area contributed by atoms with Crippen molar-refractivity contribution in [1.29, 1.82) is 0 Å². The Labute approximate surface area is 115 Å². The average Bonchev–Trinajstić information content (AvgIpc) is 2.36. The molecule has 0 unspecified atom stereocenters. The van der Waals surface area contributed by atoms with E-state index < -0.39 is 0 Å². The van der Waals surface area contributed by atoms with Gasteiger partial charge in [0.15, 0.2) is 5.96 Å². The second-order valence-electron chi connectivity index (χ2n) is 4.65. The molecule has 0 aliphatic rings. The summed E-state index contributed by atoms with van der Waals surface area (Å²) >= 11 is 0. The number of guanidine groups is 1. The first-order valence-corrected chi connectivity index (χ1v) is 6.34. The molecular formula is C15H23N3O. The van der Waals surface area contributed by atoms with E-state index in [0.717, 1.165) is 24.3 Å². The van der Waals surface area contributed by atoms with Crippen molar-refractivity contribution in [1.82, 2.24) is 5.32 Å². The maximum Gasteiger partial charge on any atom is 0.188 e. The zero-order valence-corrected chi connectivity index (χ0v) is 12.0. The fourth-order valence-corrected chi connectivity index (χ4v) is 1.70. The molecule has 0 aliphatic carbocycles. The predicted octanol–water partition coefficient (Wildman–Crippen LogP) is 2.03. The van der Waals surface area contributed by atoms with Gasteiger partial charge in [-0.25, -0.2) is 4.99 Å². The third kappa shape index (κ3) is 5.46. The lowest BCUT2D eigenvalue weighted by atomic mass is 10.1. The Morgan fingerprint density at radius 2 is 2.21 bits per heavy atom. The largest absolute Gasteiger partial charge is 0.496 e. The van der Waals surface area contributed by atoms with E-state index in [2.05, 4.69) is 29.9 Å². The van der Waals surface area contributed by atoms with Gasteiger partial charge in [-0.3, -0.25) is 0 Å². The van der Waals surface area contributed by atoms with Crippen molar-refractivity contribution in [3.05, 3.63) is 41.5 Å². The Hall–Kier alpha value is -1.97. The Kier molecular flexibility index (Phi) is 5.93. The molecule has 4 nitrogen and oxygen atoms in total. The van der Waals surface area contributed by atoms with Gasteiger partial charge in [-0.05, 0) is 31.9 Å². The van der Waals surface area contributed by atoms with E-state index in [9.17, 15) is 0 Å². The van der Waals surface area contributed by atoms with Crippen LogP contribution >= 0.6 is 0 Å². The molecule has 0 radical (unpaired) electrons. The summed E-state index contributed by atoms with van der Waals surface area (Å²) in [5.41, 5.74) is 9.14. The summed E-state index contributed by atoms with van der Waals surface area (Å²) in [7, 11) is 1.68. The van der Waals surface area contributed by atoms with Crippen LogP contribution in [0.5, 0.6) is 5.75 Å². The van der Waals surface area contributed by atoms with E-state index in [0.29, 0.717) is 12.5 Å². The highest BCUT2D eigenvalue weighted by Crippen LogP contribution is 2.19. The van der Waals surface area contributed by atoms with Gasteiger partial charge in [-0.1, -0.05) is 29.8 Å². The van der Waals surface area contributed by atoms with E-state index in [1.54, 1.807) is 7.11 Å². The van der Waals surface area contributed by atoms with Gasteiger partial charge in [-0.15, -0.1) is 0 Å². The van der Waals surface area contributed by atoms with Gasteiger partial charge in [0.25, 0.3) is 0 Å². The monoisotopic (exact) mass is 261 g/mol. The molecule has 1 aromatic rings. The molecule has 0 spiro atoms. The summed E-state index contributed by atoms with van der Waals surface area (Å²) < 4.78 is 5.34. The maximum absolute atomic E-state index is 5.75. The molecular weight excluding hydrogens is 238 g/mol. The summed E-state index contributed by atoms with van der Waals surface area (Å²) in [5.74, 6) is 1.36. The van der Waals surface area contributed by atoms with Crippen molar-refractivity contribution in [2.75, 3.05) is 20.2 Å². The molecule has 19 heavy (non-hydrogen) atoms. The smallest absolute Gasteiger partial charge is 0.188 e. The Morgan fingerprint density at radius 3 is 2.84 bits per heavy atom. The minimum absolute atomic E-state index is 0.453. The minimum Gasteiger partial charge on any atom is -0.496 e. The van der Waals surface area contributed by atoms with Crippen LogP contribution in [-0.4, -0.2) is 26.2 Å². The molecule has 0 amide bonds. The maximum atomic E-state index is 5.75. The van der Waals surface area contributed by atoms with Crippen molar-refractivity contribution in [2.45, 2.75) is 20.3 Å². The van der Waals surface area contributed by atoms with Gasteiger partial charge in [0.05, 0.1) is 13.7 Å². The van der Waals surface area contributed by atoms with Crippen LogP contribution in [0.2, 0.25) is 0 Å². The molecule has 0 fully saturated rings. The molecule has 4 heteroatoms. The van der Waals surface area contributed by atoms with E-state index in [1.165, 1.54) is 11.1 Å². The van der Waals surface area contributed by atoms with Crippen molar-refractivity contribution in [3.8, 4) is 5.75 Å². The molecule has 0 aromatic heterocycles. The third-order valence-electron chi connectivity index (χ3n) is 2.66. The molecule has 0 saturated heterocycles. The standard InChI is InChI=1S/C15H23N3O/c1-11(2)10-18-15(16)17-8-7-13-9-12(3)5-6-14(13)19-4/h5-6,9H,1,7-8,10H2,2-4H3,(H3,16,17,18). The molecule has 0 bridgehead atoms. The molecule has 0 heterocycles. The number of nitrogens with zero attached hydrogens (tertiary/aromatic N) is 1. The summed E-state index contributed by atoms with van der Waals surface area (Å²) in [6, 6.07) is 6.16. The summed E-state index contributed by atoms with van der Waals surface area (Å²) in [5, 5.41) is 3.09. The number of nitrogens with one attached hydrogen (secondary N) is 1. The van der Waals surface area contributed by atoms with Crippen LogP contribution in [0.3, 0.4) is 0 Å². The molecule has 3 N–H and O–H groups in total. The number of hydrogen-bond acceptors (Lipinski definition) is 2. The van der Waals surface area contributed by atoms with Crippen molar-refractivity contribution in [3.63, 3.8) is 0 Å². The molecule has 1 aromatic carbocycles. The lowest BCUT2D eigenvalue weighted by Crippen LogP contribution is -2.33. The average molecular weight is 261 g/mol. The third-order valence-corrected chi connectivity index (χ3v) is 2.66. The molecule has 1 rings (SSSR count). The van der Waals surface area contributed by atoms with Gasteiger partial charge in [0.2, 0.25) is 0 Å². The molecule has 0 atom stereocenters. The van der Waals surface area contributed by atoms with E-state index in [-0.39, 0.29) is 0 Å². The first-order chi connectivity index (χ1) is 9.02. The zero-order chi connectivity index (χ0) is 14.3. The van der Waals surface area contributed by atoms with Gasteiger partial charge >= 0.3 is 0 Å². The first-order valence-electron chi connectivity index (χ1n) is 6.34. The van der Waals surface area contributed by atoms with Gasteiger partial charge in [0.1, 0.15) is 5.75 Å². The predicted molar refractivity (Wildman–Crippen MR) is 80.7 cm³/mol. The number of rotatable bonds is 6. The highest BCUT2D eigenvalue weighted by molar-refractivity contribution is 5.77. The number of methoxy groups -OCH3 is 1. The van der Waals surface area contributed by atoms with Crippen molar-refractivity contribution in [2.24, 2.45) is 10.7 Å². The number of aryl methyl sites for hydroxylation is 1. The Balaban J connectivity index is 2.51. The van der Waals surface area contributed by atoms with E-state index in [4.69, 9.17) is 10.5 Å². The topological polar surface area (TPSA) is 59.6 Å². The summed E-state index contributed by atoms with van der Waals surface area (Å²) in [6.07, 6.45) is 0.841. The highest BCUT2D eigenvalue weighted by atomic mass is 16.5. The second kappa shape index (κ2) is 7.46. The van der Waals surface area contributed by atoms with Crippen LogP contribution in [0.1, 0.15) is 18.1 Å². The number of hydrogen-bond donors (Lipinski definition) is 2. The van der Waals surface area contributed by atoms with Gasteiger partial charge in [0, 0.05) is 6.54 Å². The molecule has 0 saturated carbocycles. The Bertz CT molecular complexity index is 466. The molecule has 104 valence electrons. The van der Waals surface area contributed by atoms with Crippen LogP contribution in [0.25, 0.3) is 0 Å². The normalized spacial score (nSPS) is 11.2. The second-order valence-corrected chi connectivity index (χ2v) is 4.65. The first kappa shape index (κ1) is 15.1. The van der Waals surface area contributed by atoms with Crippen molar-refractivity contribution < 1.29 is 4.74 Å². The summed E-state index contributed by atoms with van der Waals surface area (Å²) in [4.78, 5) is 4.17. The van der Waals surface area contributed by atoms with Gasteiger partial charge < -0.3 is 15.8 Å². The van der Waals surface area contributed by atoms with Crippen LogP contribution in [0, 0.1) is 6.92 Å². The quantitative estimate of drug-likeness (QED) is 0.468. The van der Waals surface area contributed by atoms with Crippen LogP contribution in [0.4, 0.5) is 0 Å². The van der Waals surface area contributed by atoms with Crippen LogP contribution in [0.15, 0.2) is 35.3 Å². The lowest BCUT2D eigenvalue weighted by Gasteiger charge is -2.10. The number of ether oxygens (including phenoxy) is 1. The number of aliphatic imine (C=N–C) groups is 1. The summed E-state index contributed by atoms with van der Waals surface area (Å²) in [6.45, 7) is 9.06. The Morgan fingerprint density at radius 1 is 1.47 bits per heavy atom. The number of benzene rings is 1. The molecule has 0 aliphatic heterocycles. The van der Waals surface area contributed by atoms with Crippen molar-refractivity contribution >= 4 is 5.96 Å². The minimum atomic E-state index is 0.453. The highest BCUT2D eigenvalue weighted by Gasteiger charge is 2.03. The van der Waals surface area contributed by atoms with Gasteiger partial charge in [-0.2, -0.15) is 0 Å². The van der Waals surface area contributed by atoms with E-state index in [1.807, 2.05) is 19.1 Å². The van der Waals surface area contributed by atoms with Crippen LogP contribution in [-0.2, 0) is 6.42 Å². The SMILES string of the molecule is C=C(C)CN=C(N)NCCc1cc(C)ccc1OC. The van der Waals surface area contributed by atoms with Crippen LogP contribution < -0.4 is 15.8 Å². The fourth-order valence-electron chi connectivity index (χ4n) is 1.70. The lowest BCUT2D eigenvalue weighted by molar-refractivity contribution is 0.409. The van der Waals surface area contributed by atoms with E-state index >= 15 is 0 Å². The number of nitrogens with two attached hydrogens (primary N) is 1. The zero-order valence-electron chi connectivity index (χ0n) is 12.0.